The smallest absolute Gasteiger partial charge is 0.368 e. The van der Waals surface area contributed by atoms with Gasteiger partial charge in [-0.1, -0.05) is 0 Å². The number of guanidine groups is 1. The van der Waals surface area contributed by atoms with Crippen LogP contribution in [0.1, 0.15) is 0 Å². The maximum absolute atomic E-state index is 10.1. The summed E-state index contributed by atoms with van der Waals surface area (Å²) in [4.78, 5) is 16.7. The summed E-state index contributed by atoms with van der Waals surface area (Å²) in [5.74, 6) is -0.0370. The Balaban J connectivity index is 2.77. The molecule has 1 heterocycles. The third-order valence-corrected chi connectivity index (χ3v) is 0.568. The fourth-order valence-corrected chi connectivity index (χ4v) is 0.293. The molecule has 2 amide bonds. The summed E-state index contributed by atoms with van der Waals surface area (Å²) in [6.07, 6.45) is 1.07. The van der Waals surface area contributed by atoms with Crippen LogP contribution in [0.15, 0.2) is 9.98 Å². The van der Waals surface area contributed by atoms with Gasteiger partial charge in [-0.05, 0) is 0 Å². The van der Waals surface area contributed by atoms with Gasteiger partial charge in [0.25, 0.3) is 0 Å². The molecule has 0 spiro atoms. The summed E-state index contributed by atoms with van der Waals surface area (Å²) in [6, 6.07) is -0.600. The highest BCUT2D eigenvalue weighted by Crippen LogP contribution is 1.81. The maximum atomic E-state index is 10.1. The second-order valence-corrected chi connectivity index (χ2v) is 1.13. The number of rotatable bonds is 0. The lowest BCUT2D eigenvalue weighted by Crippen LogP contribution is -2.22. The first kappa shape index (κ1) is 4.76. The molecule has 0 bridgehead atoms. The Morgan fingerprint density at radius 1 is 1.62 bits per heavy atom. The van der Waals surface area contributed by atoms with Crippen molar-refractivity contribution >= 4 is 18.3 Å². The van der Waals surface area contributed by atoms with Gasteiger partial charge in [-0.15, -0.1) is 0 Å². The minimum Gasteiger partial charge on any atom is -0.368 e. The van der Waals surface area contributed by atoms with Crippen molar-refractivity contribution in [3.63, 3.8) is 0 Å². The number of hydrogen-bond acceptors (Lipinski definition) is 3. The molecular weight excluding hydrogens is 108 g/mol. The number of amides is 2. The molecule has 1 aliphatic rings. The predicted octanol–water partition coefficient (Wildman–Crippen LogP) is -0.933. The first-order chi connectivity index (χ1) is 3.79. The van der Waals surface area contributed by atoms with Crippen LogP contribution in [0, 0.1) is 0 Å². The summed E-state index contributed by atoms with van der Waals surface area (Å²) in [5.41, 5.74) is 5.00. The molecule has 5 nitrogen and oxygen atoms in total. The molecule has 0 saturated heterocycles. The fraction of sp³-hybridized carbons (Fsp3) is 0. The van der Waals surface area contributed by atoms with Crippen LogP contribution in [0.4, 0.5) is 4.79 Å². The number of hydrogen-bond donors (Lipinski definition) is 1. The fourth-order valence-electron chi connectivity index (χ4n) is 0.293. The van der Waals surface area contributed by atoms with Crippen molar-refractivity contribution < 1.29 is 4.79 Å². The molecule has 0 aromatic carbocycles. The van der Waals surface area contributed by atoms with E-state index >= 15 is 0 Å². The van der Waals surface area contributed by atoms with Gasteiger partial charge >= 0.3 is 6.03 Å². The largest absolute Gasteiger partial charge is 0.371 e. The van der Waals surface area contributed by atoms with Crippen LogP contribution in [0.2, 0.25) is 0 Å². The summed E-state index contributed by atoms with van der Waals surface area (Å²) < 4.78 is 0. The van der Waals surface area contributed by atoms with Gasteiger partial charge in [-0.3, -0.25) is 0 Å². The van der Waals surface area contributed by atoms with E-state index in [0.29, 0.717) is 0 Å². The van der Waals surface area contributed by atoms with Crippen LogP contribution in [-0.2, 0) is 0 Å². The monoisotopic (exact) mass is 111 g/mol. The van der Waals surface area contributed by atoms with Crippen molar-refractivity contribution in [1.82, 2.24) is 5.32 Å². The van der Waals surface area contributed by atoms with Gasteiger partial charge in [-0.2, -0.15) is 10.3 Å². The first-order valence-electron chi connectivity index (χ1n) is 1.90. The molecule has 0 aliphatic carbocycles. The second kappa shape index (κ2) is 1.61. The zero-order chi connectivity index (χ0) is 5.98. The van der Waals surface area contributed by atoms with Crippen LogP contribution in [0.3, 0.4) is 0 Å². The molecule has 1 aliphatic heterocycles. The molecule has 8 heavy (non-hydrogen) atoms. The Hall–Kier alpha value is -1.39. The summed E-state index contributed by atoms with van der Waals surface area (Å²) in [5, 5.41) is 3.18. The van der Waals surface area contributed by atoms with E-state index < -0.39 is 6.03 Å². The van der Waals surface area contributed by atoms with Gasteiger partial charge in [-0.25, -0.2) is 9.79 Å². The van der Waals surface area contributed by atoms with Crippen molar-refractivity contribution in [3.05, 3.63) is 0 Å². The molecule has 0 unspecified atom stereocenters. The molecule has 0 aromatic rings. The zero-order valence-electron chi connectivity index (χ0n) is 3.90. The SMILES string of the molecule is NC1=NC(=O)[N]C=N1. The Kier molecular flexibility index (Phi) is 0.957. The van der Waals surface area contributed by atoms with Crippen molar-refractivity contribution in [3.8, 4) is 0 Å². The van der Waals surface area contributed by atoms with Crippen LogP contribution < -0.4 is 11.1 Å². The quantitative estimate of drug-likeness (QED) is 0.438. The number of carbonyl (C=O) groups excluding carboxylic acids is 1. The highest BCUT2D eigenvalue weighted by atomic mass is 16.2. The van der Waals surface area contributed by atoms with Crippen molar-refractivity contribution in [2.24, 2.45) is 15.7 Å². The Morgan fingerprint density at radius 3 is 2.75 bits per heavy atom. The molecule has 0 saturated carbocycles. The minimum absolute atomic E-state index is 0.0370. The Labute approximate surface area is 45.3 Å². The van der Waals surface area contributed by atoms with Gasteiger partial charge < -0.3 is 5.73 Å². The van der Waals surface area contributed by atoms with Crippen LogP contribution >= 0.6 is 0 Å². The highest BCUT2D eigenvalue weighted by Gasteiger charge is 2.02. The Morgan fingerprint density at radius 2 is 2.38 bits per heavy atom. The van der Waals surface area contributed by atoms with Gasteiger partial charge in [0.15, 0.2) is 0 Å². The van der Waals surface area contributed by atoms with E-state index in [0.717, 1.165) is 6.34 Å². The van der Waals surface area contributed by atoms with Crippen molar-refractivity contribution in [1.29, 1.82) is 0 Å². The average molecular weight is 111 g/mol. The number of urea groups is 1. The third-order valence-electron chi connectivity index (χ3n) is 0.568. The van der Waals surface area contributed by atoms with E-state index in [1.807, 2.05) is 0 Å². The number of aliphatic imine (C=N–C) groups is 2. The van der Waals surface area contributed by atoms with E-state index in [1.54, 1.807) is 0 Å². The standard InChI is InChI=1S/C3H3N4O/c4-2-5-1-6-3(8)7-2/h1H,(H2,4,7,8). The zero-order valence-corrected chi connectivity index (χ0v) is 3.90. The maximum Gasteiger partial charge on any atom is 0.371 e. The molecule has 0 atom stereocenters. The normalized spacial score (nSPS) is 17.5. The van der Waals surface area contributed by atoms with Gasteiger partial charge in [0.1, 0.15) is 6.34 Å². The average Bonchev–Trinajstić information content (AvgIpc) is 1.64. The predicted molar refractivity (Wildman–Crippen MR) is 27.6 cm³/mol. The molecule has 0 fully saturated rings. The van der Waals surface area contributed by atoms with Crippen LogP contribution in [0.25, 0.3) is 0 Å². The first-order valence-corrected chi connectivity index (χ1v) is 1.90. The van der Waals surface area contributed by atoms with Crippen molar-refractivity contribution in [2.45, 2.75) is 0 Å². The number of nitrogens with zero attached hydrogens (tertiary/aromatic N) is 3. The Bertz CT molecular complexity index is 170. The highest BCUT2D eigenvalue weighted by molar-refractivity contribution is 6.03. The van der Waals surface area contributed by atoms with Crippen LogP contribution in [0.5, 0.6) is 0 Å². The molecule has 5 heteroatoms. The molecule has 0 aromatic heterocycles. The van der Waals surface area contributed by atoms with Crippen molar-refractivity contribution in [2.75, 3.05) is 0 Å². The van der Waals surface area contributed by atoms with E-state index in [1.165, 1.54) is 0 Å². The summed E-state index contributed by atoms with van der Waals surface area (Å²) in [7, 11) is 0. The van der Waals surface area contributed by atoms with E-state index in [2.05, 4.69) is 15.3 Å². The molecule has 1 radical (unpaired) electrons. The van der Waals surface area contributed by atoms with E-state index in [9.17, 15) is 4.79 Å². The van der Waals surface area contributed by atoms with E-state index in [-0.39, 0.29) is 5.96 Å². The van der Waals surface area contributed by atoms with Crippen LogP contribution in [-0.4, -0.2) is 18.3 Å². The lowest BCUT2D eigenvalue weighted by molar-refractivity contribution is 0.253. The van der Waals surface area contributed by atoms with Gasteiger partial charge in [0.05, 0.1) is 0 Å². The number of carbonyl (C=O) groups is 1. The minimum atomic E-state index is -0.600. The number of nitrogens with two attached hydrogens (primary N) is 1. The lowest BCUT2D eigenvalue weighted by Gasteiger charge is -1.94. The molecule has 2 N–H and O–H groups in total. The lowest BCUT2D eigenvalue weighted by atomic mass is 10.8. The van der Waals surface area contributed by atoms with Gasteiger partial charge in [0.2, 0.25) is 5.96 Å². The van der Waals surface area contributed by atoms with Gasteiger partial charge in [0, 0.05) is 0 Å². The van der Waals surface area contributed by atoms with E-state index in [4.69, 9.17) is 5.73 Å². The summed E-state index contributed by atoms with van der Waals surface area (Å²) in [6.45, 7) is 0. The molecule has 1 rings (SSSR count). The topological polar surface area (TPSA) is 81.9 Å². The summed E-state index contributed by atoms with van der Waals surface area (Å²) >= 11 is 0. The third kappa shape index (κ3) is 0.810. The second-order valence-electron chi connectivity index (χ2n) is 1.13. The molecular formula is C3H3N4O. The molecule has 41 valence electrons.